The number of rotatable bonds is 8. The van der Waals surface area contributed by atoms with Gasteiger partial charge in [-0.15, -0.1) is 0 Å². The number of nitrogens with one attached hydrogen (secondary N) is 3. The predicted octanol–water partition coefficient (Wildman–Crippen LogP) is 0.242. The standard InChI is InChI=1S/C11H21N5O/c1-3-9(2)13-7-11(17)12-6-4-5-10-14-8-15-16-10/h8-9,13H,3-7H2,1-2H3,(H,12,17)(H,14,15,16). The van der Waals surface area contributed by atoms with Crippen molar-refractivity contribution < 1.29 is 4.79 Å². The Hall–Kier alpha value is -1.43. The summed E-state index contributed by atoms with van der Waals surface area (Å²) >= 11 is 0. The Morgan fingerprint density at radius 1 is 1.59 bits per heavy atom. The van der Waals surface area contributed by atoms with Crippen LogP contribution >= 0.6 is 0 Å². The van der Waals surface area contributed by atoms with Crippen molar-refractivity contribution in [1.29, 1.82) is 0 Å². The molecule has 0 aliphatic heterocycles. The van der Waals surface area contributed by atoms with Crippen LogP contribution in [0.4, 0.5) is 0 Å². The Morgan fingerprint density at radius 2 is 2.41 bits per heavy atom. The summed E-state index contributed by atoms with van der Waals surface area (Å²) in [6, 6.07) is 0.384. The zero-order valence-electron chi connectivity index (χ0n) is 10.5. The minimum absolute atomic E-state index is 0.0443. The molecular weight excluding hydrogens is 218 g/mol. The number of aryl methyl sites for hydroxylation is 1. The molecule has 1 aromatic rings. The number of H-pyrrole nitrogens is 1. The number of aromatic amines is 1. The Bertz CT molecular complexity index is 312. The highest BCUT2D eigenvalue weighted by Crippen LogP contribution is 1.91. The van der Waals surface area contributed by atoms with Gasteiger partial charge in [0.05, 0.1) is 6.54 Å². The average Bonchev–Trinajstić information content (AvgIpc) is 2.84. The highest BCUT2D eigenvalue weighted by molar-refractivity contribution is 5.77. The molecule has 0 saturated heterocycles. The number of nitrogens with zero attached hydrogens (tertiary/aromatic N) is 2. The zero-order valence-corrected chi connectivity index (χ0v) is 10.5. The van der Waals surface area contributed by atoms with Crippen LogP contribution in [-0.4, -0.2) is 40.2 Å². The number of amides is 1. The van der Waals surface area contributed by atoms with Crippen molar-refractivity contribution in [3.05, 3.63) is 12.2 Å². The van der Waals surface area contributed by atoms with Gasteiger partial charge in [-0.25, -0.2) is 4.98 Å². The van der Waals surface area contributed by atoms with Crippen LogP contribution in [0.25, 0.3) is 0 Å². The van der Waals surface area contributed by atoms with Gasteiger partial charge in [0, 0.05) is 19.0 Å². The van der Waals surface area contributed by atoms with Crippen LogP contribution in [0.15, 0.2) is 6.33 Å². The van der Waals surface area contributed by atoms with E-state index in [4.69, 9.17) is 0 Å². The first-order valence-electron chi connectivity index (χ1n) is 6.06. The molecule has 96 valence electrons. The third kappa shape index (κ3) is 6.01. The maximum absolute atomic E-state index is 11.4. The maximum Gasteiger partial charge on any atom is 0.233 e. The molecular formula is C11H21N5O. The monoisotopic (exact) mass is 239 g/mol. The van der Waals surface area contributed by atoms with Crippen LogP contribution in [-0.2, 0) is 11.2 Å². The maximum atomic E-state index is 11.4. The van der Waals surface area contributed by atoms with E-state index in [1.807, 2.05) is 0 Å². The van der Waals surface area contributed by atoms with Gasteiger partial charge in [-0.05, 0) is 19.8 Å². The third-order valence-corrected chi connectivity index (χ3v) is 2.60. The molecule has 0 bridgehead atoms. The molecule has 1 heterocycles. The second-order valence-electron chi connectivity index (χ2n) is 4.08. The van der Waals surface area contributed by atoms with Crippen molar-refractivity contribution in [2.45, 2.75) is 39.2 Å². The largest absolute Gasteiger partial charge is 0.355 e. The van der Waals surface area contributed by atoms with Crippen LogP contribution in [0.3, 0.4) is 0 Å². The first-order chi connectivity index (χ1) is 8.22. The summed E-state index contributed by atoms with van der Waals surface area (Å²) in [7, 11) is 0. The molecule has 1 amide bonds. The number of hydrogen-bond donors (Lipinski definition) is 3. The summed E-state index contributed by atoms with van der Waals surface area (Å²) in [6.45, 7) is 5.21. The van der Waals surface area contributed by atoms with Crippen LogP contribution < -0.4 is 10.6 Å². The van der Waals surface area contributed by atoms with Crippen molar-refractivity contribution in [2.24, 2.45) is 0 Å². The van der Waals surface area contributed by atoms with Gasteiger partial charge in [-0.2, -0.15) is 5.10 Å². The minimum Gasteiger partial charge on any atom is -0.355 e. The fourth-order valence-electron chi connectivity index (χ4n) is 1.31. The van der Waals surface area contributed by atoms with Crippen molar-refractivity contribution >= 4 is 5.91 Å². The normalized spacial score (nSPS) is 12.4. The third-order valence-electron chi connectivity index (χ3n) is 2.60. The summed E-state index contributed by atoms with van der Waals surface area (Å²) in [5.41, 5.74) is 0. The van der Waals surface area contributed by atoms with Gasteiger partial charge in [0.25, 0.3) is 0 Å². The molecule has 0 radical (unpaired) electrons. The van der Waals surface area contributed by atoms with E-state index in [0.717, 1.165) is 25.1 Å². The van der Waals surface area contributed by atoms with E-state index in [-0.39, 0.29) is 5.91 Å². The molecule has 1 rings (SSSR count). The predicted molar refractivity (Wildman–Crippen MR) is 65.5 cm³/mol. The first-order valence-corrected chi connectivity index (χ1v) is 6.06. The van der Waals surface area contributed by atoms with E-state index in [2.05, 4.69) is 39.7 Å². The Labute approximate surface area is 102 Å². The molecule has 3 N–H and O–H groups in total. The number of hydrogen-bond acceptors (Lipinski definition) is 4. The molecule has 0 fully saturated rings. The van der Waals surface area contributed by atoms with Crippen LogP contribution in [0.1, 0.15) is 32.5 Å². The molecule has 1 unspecified atom stereocenters. The summed E-state index contributed by atoms with van der Waals surface area (Å²) < 4.78 is 0. The van der Waals surface area contributed by atoms with Crippen LogP contribution in [0.5, 0.6) is 0 Å². The molecule has 0 saturated carbocycles. The molecule has 0 aliphatic rings. The topological polar surface area (TPSA) is 82.7 Å². The Kier molecular flexibility index (Phi) is 6.24. The van der Waals surface area contributed by atoms with E-state index in [9.17, 15) is 4.79 Å². The van der Waals surface area contributed by atoms with Crippen molar-refractivity contribution in [3.8, 4) is 0 Å². The van der Waals surface area contributed by atoms with Crippen molar-refractivity contribution in [1.82, 2.24) is 25.8 Å². The van der Waals surface area contributed by atoms with Gasteiger partial charge >= 0.3 is 0 Å². The molecule has 1 aromatic heterocycles. The molecule has 0 spiro atoms. The van der Waals surface area contributed by atoms with E-state index in [1.165, 1.54) is 6.33 Å². The molecule has 6 heteroatoms. The quantitative estimate of drug-likeness (QED) is 0.568. The lowest BCUT2D eigenvalue weighted by Gasteiger charge is -2.10. The fraction of sp³-hybridized carbons (Fsp3) is 0.727. The summed E-state index contributed by atoms with van der Waals surface area (Å²) in [6.07, 6.45) is 4.19. The lowest BCUT2D eigenvalue weighted by Crippen LogP contribution is -2.38. The number of carbonyl (C=O) groups is 1. The van der Waals surface area contributed by atoms with Crippen molar-refractivity contribution in [2.75, 3.05) is 13.1 Å². The fourth-order valence-corrected chi connectivity index (χ4v) is 1.31. The molecule has 0 aromatic carbocycles. The molecule has 6 nitrogen and oxygen atoms in total. The van der Waals surface area contributed by atoms with Crippen molar-refractivity contribution in [3.63, 3.8) is 0 Å². The molecule has 17 heavy (non-hydrogen) atoms. The first kappa shape index (κ1) is 13.6. The lowest BCUT2D eigenvalue weighted by molar-refractivity contribution is -0.120. The van der Waals surface area contributed by atoms with Gasteiger partial charge in [-0.1, -0.05) is 6.92 Å². The Balaban J connectivity index is 2.00. The van der Waals surface area contributed by atoms with Gasteiger partial charge in [0.1, 0.15) is 12.2 Å². The lowest BCUT2D eigenvalue weighted by atomic mass is 10.2. The second kappa shape index (κ2) is 7.78. The van der Waals surface area contributed by atoms with E-state index >= 15 is 0 Å². The van der Waals surface area contributed by atoms with E-state index in [1.54, 1.807) is 0 Å². The van der Waals surface area contributed by atoms with Gasteiger partial charge < -0.3 is 10.6 Å². The number of aromatic nitrogens is 3. The smallest absolute Gasteiger partial charge is 0.233 e. The van der Waals surface area contributed by atoms with E-state index in [0.29, 0.717) is 19.1 Å². The summed E-state index contributed by atoms with van der Waals surface area (Å²) in [5, 5.41) is 12.6. The van der Waals surface area contributed by atoms with Crippen LogP contribution in [0, 0.1) is 0 Å². The second-order valence-corrected chi connectivity index (χ2v) is 4.08. The van der Waals surface area contributed by atoms with E-state index < -0.39 is 0 Å². The number of carbonyl (C=O) groups excluding carboxylic acids is 1. The summed E-state index contributed by atoms with van der Waals surface area (Å²) in [4.78, 5) is 15.4. The highest BCUT2D eigenvalue weighted by Gasteiger charge is 2.03. The molecule has 1 atom stereocenters. The SMILES string of the molecule is CCC(C)NCC(=O)NCCCc1ncn[nH]1. The average molecular weight is 239 g/mol. The summed E-state index contributed by atoms with van der Waals surface area (Å²) in [5.74, 6) is 0.903. The van der Waals surface area contributed by atoms with Crippen LogP contribution in [0.2, 0.25) is 0 Å². The Morgan fingerprint density at radius 3 is 3.06 bits per heavy atom. The van der Waals surface area contributed by atoms with Gasteiger partial charge in [-0.3, -0.25) is 9.89 Å². The van der Waals surface area contributed by atoms with Gasteiger partial charge in [0.2, 0.25) is 5.91 Å². The van der Waals surface area contributed by atoms with Gasteiger partial charge in [0.15, 0.2) is 0 Å². The zero-order chi connectivity index (χ0) is 12.5. The minimum atomic E-state index is 0.0443. The molecule has 0 aliphatic carbocycles. The highest BCUT2D eigenvalue weighted by atomic mass is 16.1.